The summed E-state index contributed by atoms with van der Waals surface area (Å²) in [6.45, 7) is 3.59. The molecule has 0 bridgehead atoms. The van der Waals surface area contributed by atoms with Crippen molar-refractivity contribution in [3.63, 3.8) is 0 Å². The SMILES string of the molecule is C/C=C1/CN2CCc3c([nH]c4cccc(OC)c34)[C@H]2C[C@H]1[C@H](CO)C(=O)OC. The number of nitrogens with zero attached hydrogens (tertiary/aromatic N) is 1. The molecule has 0 unspecified atom stereocenters. The van der Waals surface area contributed by atoms with Gasteiger partial charge in [0.25, 0.3) is 0 Å². The molecule has 6 nitrogen and oxygen atoms in total. The molecule has 4 rings (SSSR count). The number of carbonyl (C=O) groups excluding carboxylic acids is 1. The number of piperidine rings is 1. The van der Waals surface area contributed by atoms with Crippen molar-refractivity contribution in [2.75, 3.05) is 33.9 Å². The molecular weight excluding hydrogens is 356 g/mol. The highest BCUT2D eigenvalue weighted by molar-refractivity contribution is 5.91. The number of hydrogen-bond donors (Lipinski definition) is 2. The number of benzene rings is 1. The number of aliphatic hydroxyl groups is 1. The standard InChI is InChI=1S/C22H28N2O4/c1-4-13-11-24-9-8-14-20-17(6-5-7-19(20)27-2)23-21(14)18(24)10-15(13)16(12-25)22(26)28-3/h4-7,15-16,18,23,25H,8-12H2,1-3H3/b13-4-/t15-,16+,18-/m1/s1. The first-order valence-corrected chi connectivity index (χ1v) is 9.88. The van der Waals surface area contributed by atoms with E-state index in [1.807, 2.05) is 19.1 Å². The van der Waals surface area contributed by atoms with Gasteiger partial charge in [0.1, 0.15) is 5.75 Å². The lowest BCUT2D eigenvalue weighted by molar-refractivity contribution is -0.149. The van der Waals surface area contributed by atoms with Crippen molar-refractivity contribution < 1.29 is 19.4 Å². The summed E-state index contributed by atoms with van der Waals surface area (Å²) in [5, 5.41) is 11.1. The minimum absolute atomic E-state index is 0.0250. The third-order valence-corrected chi connectivity index (χ3v) is 6.46. The molecule has 3 atom stereocenters. The second-order valence-corrected chi connectivity index (χ2v) is 7.65. The van der Waals surface area contributed by atoms with Gasteiger partial charge in [0.15, 0.2) is 0 Å². The molecule has 0 saturated carbocycles. The van der Waals surface area contributed by atoms with Gasteiger partial charge in [-0.25, -0.2) is 0 Å². The lowest BCUT2D eigenvalue weighted by atomic mass is 9.75. The van der Waals surface area contributed by atoms with Gasteiger partial charge in [-0.1, -0.05) is 17.7 Å². The first-order chi connectivity index (χ1) is 13.6. The number of fused-ring (bicyclic) bond motifs is 5. The maximum Gasteiger partial charge on any atom is 0.311 e. The first kappa shape index (κ1) is 19.0. The van der Waals surface area contributed by atoms with E-state index in [1.165, 1.54) is 29.3 Å². The van der Waals surface area contributed by atoms with E-state index in [0.29, 0.717) is 0 Å². The predicted molar refractivity (Wildman–Crippen MR) is 107 cm³/mol. The van der Waals surface area contributed by atoms with E-state index in [0.717, 1.165) is 37.2 Å². The summed E-state index contributed by atoms with van der Waals surface area (Å²) in [6, 6.07) is 6.28. The van der Waals surface area contributed by atoms with Crippen LogP contribution in [0.4, 0.5) is 0 Å². The molecule has 2 aliphatic rings. The molecule has 2 aliphatic heterocycles. The topological polar surface area (TPSA) is 74.8 Å². The zero-order chi connectivity index (χ0) is 19.8. The molecule has 2 aromatic rings. The zero-order valence-electron chi connectivity index (χ0n) is 16.7. The number of ether oxygens (including phenoxy) is 2. The van der Waals surface area contributed by atoms with Gasteiger partial charge < -0.3 is 19.6 Å². The maximum absolute atomic E-state index is 12.3. The number of esters is 1. The van der Waals surface area contributed by atoms with Crippen LogP contribution < -0.4 is 4.74 Å². The Kier molecular flexibility index (Phi) is 5.17. The van der Waals surface area contributed by atoms with E-state index >= 15 is 0 Å². The third-order valence-electron chi connectivity index (χ3n) is 6.46. The predicted octanol–water partition coefficient (Wildman–Crippen LogP) is 2.82. The Morgan fingerprint density at radius 1 is 1.43 bits per heavy atom. The fourth-order valence-corrected chi connectivity index (χ4v) is 5.06. The largest absolute Gasteiger partial charge is 0.496 e. The number of carbonyl (C=O) groups is 1. The molecular formula is C22H28N2O4. The smallest absolute Gasteiger partial charge is 0.311 e. The molecule has 3 heterocycles. The van der Waals surface area contributed by atoms with Crippen LogP contribution in [-0.2, 0) is 16.0 Å². The lowest BCUT2D eigenvalue weighted by Gasteiger charge is -2.45. The van der Waals surface area contributed by atoms with Crippen LogP contribution in [0.25, 0.3) is 10.9 Å². The van der Waals surface area contributed by atoms with Gasteiger partial charge in [-0.2, -0.15) is 0 Å². The molecule has 150 valence electrons. The number of methoxy groups -OCH3 is 2. The molecule has 0 radical (unpaired) electrons. The Balaban J connectivity index is 1.76. The van der Waals surface area contributed by atoms with Crippen molar-refractivity contribution >= 4 is 16.9 Å². The first-order valence-electron chi connectivity index (χ1n) is 9.88. The van der Waals surface area contributed by atoms with E-state index in [1.54, 1.807) is 7.11 Å². The summed E-state index contributed by atoms with van der Waals surface area (Å²) in [5.41, 5.74) is 4.83. The van der Waals surface area contributed by atoms with E-state index in [2.05, 4.69) is 22.0 Å². The number of aliphatic hydroxyl groups excluding tert-OH is 1. The Morgan fingerprint density at radius 2 is 2.25 bits per heavy atom. The highest BCUT2D eigenvalue weighted by Gasteiger charge is 2.42. The summed E-state index contributed by atoms with van der Waals surface area (Å²) < 4.78 is 10.6. The number of allylic oxidation sites excluding steroid dienone is 1. The molecule has 6 heteroatoms. The van der Waals surface area contributed by atoms with Gasteiger partial charge in [0, 0.05) is 29.7 Å². The Morgan fingerprint density at radius 3 is 2.93 bits per heavy atom. The molecule has 1 saturated heterocycles. The van der Waals surface area contributed by atoms with Gasteiger partial charge in [0.05, 0.1) is 32.8 Å². The lowest BCUT2D eigenvalue weighted by Crippen LogP contribution is -2.45. The number of aromatic nitrogens is 1. The zero-order valence-corrected chi connectivity index (χ0v) is 16.7. The van der Waals surface area contributed by atoms with E-state index in [9.17, 15) is 9.90 Å². The quantitative estimate of drug-likeness (QED) is 0.626. The van der Waals surface area contributed by atoms with Crippen molar-refractivity contribution in [1.29, 1.82) is 0 Å². The van der Waals surface area contributed by atoms with Crippen LogP contribution in [0.15, 0.2) is 29.8 Å². The van der Waals surface area contributed by atoms with Crippen LogP contribution in [0.1, 0.15) is 30.6 Å². The van der Waals surface area contributed by atoms with Crippen LogP contribution in [0, 0.1) is 11.8 Å². The fourth-order valence-electron chi connectivity index (χ4n) is 5.06. The summed E-state index contributed by atoms with van der Waals surface area (Å²) in [6.07, 6.45) is 3.84. The van der Waals surface area contributed by atoms with Gasteiger partial charge in [-0.3, -0.25) is 9.69 Å². The Bertz CT molecular complexity index is 917. The molecule has 0 spiro atoms. The van der Waals surface area contributed by atoms with Gasteiger partial charge in [-0.15, -0.1) is 0 Å². The number of hydrogen-bond acceptors (Lipinski definition) is 5. The van der Waals surface area contributed by atoms with Crippen molar-refractivity contribution in [3.05, 3.63) is 41.1 Å². The summed E-state index contributed by atoms with van der Waals surface area (Å²) in [7, 11) is 3.10. The molecule has 0 aliphatic carbocycles. The summed E-state index contributed by atoms with van der Waals surface area (Å²) >= 11 is 0. The highest BCUT2D eigenvalue weighted by Crippen LogP contribution is 2.46. The van der Waals surface area contributed by atoms with E-state index in [4.69, 9.17) is 9.47 Å². The van der Waals surface area contributed by atoms with E-state index in [-0.39, 0.29) is 24.5 Å². The number of H-pyrrole nitrogens is 1. The summed E-state index contributed by atoms with van der Waals surface area (Å²) in [5.74, 6) is 0.00740. The number of rotatable bonds is 4. The van der Waals surface area contributed by atoms with Crippen LogP contribution in [-0.4, -0.2) is 54.9 Å². The maximum atomic E-state index is 12.3. The van der Waals surface area contributed by atoms with Gasteiger partial charge >= 0.3 is 5.97 Å². The van der Waals surface area contributed by atoms with Gasteiger partial charge in [0.2, 0.25) is 0 Å². The minimum Gasteiger partial charge on any atom is -0.496 e. The van der Waals surface area contributed by atoms with E-state index < -0.39 is 5.92 Å². The van der Waals surface area contributed by atoms with Crippen LogP contribution in [0.3, 0.4) is 0 Å². The van der Waals surface area contributed by atoms with Crippen molar-refractivity contribution in [2.24, 2.45) is 11.8 Å². The molecule has 2 N–H and O–H groups in total. The Labute approximate surface area is 165 Å². The Hall–Kier alpha value is -2.31. The summed E-state index contributed by atoms with van der Waals surface area (Å²) in [4.78, 5) is 18.4. The third kappa shape index (κ3) is 2.91. The second-order valence-electron chi connectivity index (χ2n) is 7.65. The fraction of sp³-hybridized carbons (Fsp3) is 0.500. The molecule has 1 aromatic heterocycles. The van der Waals surface area contributed by atoms with Crippen LogP contribution >= 0.6 is 0 Å². The second kappa shape index (κ2) is 7.60. The number of nitrogens with one attached hydrogen (secondary N) is 1. The number of aromatic amines is 1. The minimum atomic E-state index is -0.525. The average molecular weight is 384 g/mol. The highest BCUT2D eigenvalue weighted by atomic mass is 16.5. The molecule has 1 fully saturated rings. The van der Waals surface area contributed by atoms with Gasteiger partial charge in [-0.05, 0) is 43.4 Å². The average Bonchev–Trinajstić information content (AvgIpc) is 3.12. The van der Waals surface area contributed by atoms with Crippen molar-refractivity contribution in [1.82, 2.24) is 9.88 Å². The molecule has 28 heavy (non-hydrogen) atoms. The van der Waals surface area contributed by atoms with Crippen molar-refractivity contribution in [2.45, 2.75) is 25.8 Å². The normalized spacial score (nSPS) is 24.6. The van der Waals surface area contributed by atoms with Crippen molar-refractivity contribution in [3.8, 4) is 5.75 Å². The monoisotopic (exact) mass is 384 g/mol. The molecule has 0 amide bonds. The molecule has 1 aromatic carbocycles. The van der Waals surface area contributed by atoms with Crippen LogP contribution in [0.5, 0.6) is 5.75 Å². The van der Waals surface area contributed by atoms with Crippen LogP contribution in [0.2, 0.25) is 0 Å².